The van der Waals surface area contributed by atoms with Gasteiger partial charge in [0, 0.05) is 11.1 Å². The maximum Gasteiger partial charge on any atom is 0.116 e. The van der Waals surface area contributed by atoms with Crippen molar-refractivity contribution in [2.75, 3.05) is 0 Å². The minimum Gasteiger partial charge on any atom is -0.252 e. The molecule has 0 bridgehead atoms. The summed E-state index contributed by atoms with van der Waals surface area (Å²) in [6.07, 6.45) is 4.85. The van der Waals surface area contributed by atoms with Gasteiger partial charge < -0.3 is 0 Å². The van der Waals surface area contributed by atoms with Crippen LogP contribution in [0.5, 0.6) is 0 Å². The third-order valence-corrected chi connectivity index (χ3v) is 1.59. The van der Waals surface area contributed by atoms with Crippen LogP contribution in [0, 0.1) is 0 Å². The zero-order valence-electron chi connectivity index (χ0n) is 5.60. The minimum absolute atomic E-state index is 0.797. The smallest absolute Gasteiger partial charge is 0.116 e. The van der Waals surface area contributed by atoms with Gasteiger partial charge in [-0.25, -0.2) is 9.97 Å². The number of hydrogen-bond acceptors (Lipinski definition) is 4. The lowest BCUT2D eigenvalue weighted by molar-refractivity contribution is 1.18. The van der Waals surface area contributed by atoms with E-state index in [0.29, 0.717) is 0 Å². The molecule has 2 aromatic heterocycles. The molecule has 0 aliphatic heterocycles. The third kappa shape index (κ3) is 1.17. The molecule has 0 aromatic carbocycles. The van der Waals surface area contributed by atoms with Gasteiger partial charge in [-0.1, -0.05) is 0 Å². The average Bonchev–Trinajstić information content (AvgIpc) is 2.04. The van der Waals surface area contributed by atoms with Crippen molar-refractivity contribution in [3.05, 3.63) is 24.8 Å². The van der Waals surface area contributed by atoms with E-state index >= 15 is 0 Å². The Bertz CT molecular complexity index is 388. The molecule has 4 heteroatoms. The van der Waals surface area contributed by atoms with Crippen LogP contribution in [0.25, 0.3) is 11.0 Å². The van der Waals surface area contributed by atoms with Crippen LogP contribution in [-0.2, 0) is 0 Å². The monoisotopic (exact) mass is 163 g/mol. The highest BCUT2D eigenvalue weighted by atomic mass is 32.1. The number of thiol groups is 1. The molecule has 0 atom stereocenters. The summed E-state index contributed by atoms with van der Waals surface area (Å²) in [4.78, 5) is 12.8. The quantitative estimate of drug-likeness (QED) is 0.595. The summed E-state index contributed by atoms with van der Waals surface area (Å²) in [6.45, 7) is 0. The van der Waals surface area contributed by atoms with E-state index in [1.807, 2.05) is 6.07 Å². The lowest BCUT2D eigenvalue weighted by Crippen LogP contribution is -1.83. The van der Waals surface area contributed by atoms with E-state index in [1.54, 1.807) is 12.4 Å². The predicted octanol–water partition coefficient (Wildman–Crippen LogP) is 1.31. The molecule has 3 nitrogen and oxygen atoms in total. The second-order valence-corrected chi connectivity index (χ2v) is 2.64. The molecule has 0 saturated carbocycles. The summed E-state index contributed by atoms with van der Waals surface area (Å²) in [7, 11) is 0. The summed E-state index contributed by atoms with van der Waals surface area (Å²) < 4.78 is 0. The fourth-order valence-corrected chi connectivity index (χ4v) is 1.04. The van der Waals surface area contributed by atoms with Gasteiger partial charge in [0.25, 0.3) is 0 Å². The number of pyridine rings is 1. The van der Waals surface area contributed by atoms with Gasteiger partial charge in [-0.3, -0.25) is 4.98 Å². The van der Waals surface area contributed by atoms with Crippen LogP contribution >= 0.6 is 12.6 Å². The van der Waals surface area contributed by atoms with E-state index in [2.05, 4.69) is 27.6 Å². The second-order valence-electron chi connectivity index (χ2n) is 2.12. The van der Waals surface area contributed by atoms with Crippen molar-refractivity contribution in [2.24, 2.45) is 0 Å². The number of rotatable bonds is 0. The maximum absolute atomic E-state index is 4.14. The SMILES string of the molecule is Sc1cnc2cncnc2c1. The van der Waals surface area contributed by atoms with Gasteiger partial charge in [0.15, 0.2) is 0 Å². The van der Waals surface area contributed by atoms with Gasteiger partial charge >= 0.3 is 0 Å². The van der Waals surface area contributed by atoms with Crippen LogP contribution in [0.1, 0.15) is 0 Å². The molecule has 2 heterocycles. The molecule has 11 heavy (non-hydrogen) atoms. The van der Waals surface area contributed by atoms with Crippen molar-refractivity contribution in [2.45, 2.75) is 4.90 Å². The molecule has 0 amide bonds. The van der Waals surface area contributed by atoms with Crippen molar-refractivity contribution in [3.63, 3.8) is 0 Å². The van der Waals surface area contributed by atoms with E-state index in [9.17, 15) is 0 Å². The molecular weight excluding hydrogens is 158 g/mol. The molecule has 0 N–H and O–H groups in total. The van der Waals surface area contributed by atoms with Gasteiger partial charge in [0.2, 0.25) is 0 Å². The Hall–Kier alpha value is -1.16. The van der Waals surface area contributed by atoms with Gasteiger partial charge in [-0.15, -0.1) is 12.6 Å². The first kappa shape index (κ1) is 6.54. The van der Waals surface area contributed by atoms with E-state index < -0.39 is 0 Å². The Morgan fingerprint density at radius 1 is 1.09 bits per heavy atom. The van der Waals surface area contributed by atoms with Crippen molar-refractivity contribution >= 4 is 23.7 Å². The first-order valence-electron chi connectivity index (χ1n) is 3.11. The Morgan fingerprint density at radius 2 is 2.00 bits per heavy atom. The topological polar surface area (TPSA) is 38.7 Å². The first-order valence-corrected chi connectivity index (χ1v) is 3.56. The molecule has 0 saturated heterocycles. The largest absolute Gasteiger partial charge is 0.252 e. The number of aromatic nitrogens is 3. The zero-order chi connectivity index (χ0) is 7.68. The van der Waals surface area contributed by atoms with Crippen LogP contribution in [0.15, 0.2) is 29.7 Å². The molecule has 0 spiro atoms. The molecule has 2 aromatic rings. The summed E-state index contributed by atoms with van der Waals surface area (Å²) in [6, 6.07) is 1.85. The Balaban J connectivity index is 2.83. The van der Waals surface area contributed by atoms with Crippen LogP contribution in [0.2, 0.25) is 0 Å². The fourth-order valence-electron chi connectivity index (χ4n) is 0.855. The lowest BCUT2D eigenvalue weighted by Gasteiger charge is -1.93. The number of nitrogens with zero attached hydrogens (tertiary/aromatic N) is 3. The number of hydrogen-bond donors (Lipinski definition) is 1. The summed E-state index contributed by atoms with van der Waals surface area (Å²) in [5.74, 6) is 0. The van der Waals surface area contributed by atoms with E-state index in [0.717, 1.165) is 15.9 Å². The second kappa shape index (κ2) is 2.47. The molecule has 0 fully saturated rings. The average molecular weight is 163 g/mol. The molecule has 0 unspecified atom stereocenters. The highest BCUT2D eigenvalue weighted by Gasteiger charge is 1.93. The normalized spacial score (nSPS) is 10.3. The van der Waals surface area contributed by atoms with Gasteiger partial charge in [0.1, 0.15) is 11.8 Å². The molecule has 54 valence electrons. The van der Waals surface area contributed by atoms with Crippen molar-refractivity contribution < 1.29 is 0 Å². The Kier molecular flexibility index (Phi) is 1.47. The highest BCUT2D eigenvalue weighted by molar-refractivity contribution is 7.80. The van der Waals surface area contributed by atoms with Crippen LogP contribution in [0.3, 0.4) is 0 Å². The van der Waals surface area contributed by atoms with Gasteiger partial charge in [-0.05, 0) is 6.07 Å². The van der Waals surface area contributed by atoms with E-state index in [4.69, 9.17) is 0 Å². The number of fused-ring (bicyclic) bond motifs is 1. The maximum atomic E-state index is 4.14. The highest BCUT2D eigenvalue weighted by Crippen LogP contribution is 2.10. The van der Waals surface area contributed by atoms with Crippen LogP contribution in [-0.4, -0.2) is 15.0 Å². The summed E-state index contributed by atoms with van der Waals surface area (Å²) in [5.41, 5.74) is 1.62. The molecule has 2 rings (SSSR count). The molecule has 0 aliphatic rings. The fraction of sp³-hybridized carbons (Fsp3) is 0. The van der Waals surface area contributed by atoms with Crippen molar-refractivity contribution in [1.82, 2.24) is 15.0 Å². The Morgan fingerprint density at radius 3 is 2.91 bits per heavy atom. The van der Waals surface area contributed by atoms with Crippen LogP contribution in [0.4, 0.5) is 0 Å². The van der Waals surface area contributed by atoms with Gasteiger partial charge in [-0.2, -0.15) is 0 Å². The van der Waals surface area contributed by atoms with Crippen molar-refractivity contribution in [1.29, 1.82) is 0 Å². The minimum atomic E-state index is 0.797. The standard InChI is InChI=1S/C7H5N3S/c11-5-1-6-7(9-2-5)3-8-4-10-6/h1-4,11H. The first-order chi connectivity index (χ1) is 5.36. The Labute approximate surface area is 68.9 Å². The third-order valence-electron chi connectivity index (χ3n) is 1.34. The lowest BCUT2D eigenvalue weighted by atomic mass is 10.4. The summed E-state index contributed by atoms with van der Waals surface area (Å²) >= 11 is 4.14. The predicted molar refractivity (Wildman–Crippen MR) is 44.6 cm³/mol. The van der Waals surface area contributed by atoms with Crippen molar-refractivity contribution in [3.8, 4) is 0 Å². The molecule has 0 radical (unpaired) electrons. The molecular formula is C7H5N3S. The van der Waals surface area contributed by atoms with Crippen LogP contribution < -0.4 is 0 Å². The van der Waals surface area contributed by atoms with E-state index in [1.165, 1.54) is 6.33 Å². The van der Waals surface area contributed by atoms with Gasteiger partial charge in [0.05, 0.1) is 11.7 Å². The zero-order valence-corrected chi connectivity index (χ0v) is 6.49. The summed E-state index contributed by atoms with van der Waals surface area (Å²) in [5, 5.41) is 0. The molecule has 0 aliphatic carbocycles. The van der Waals surface area contributed by atoms with E-state index in [-0.39, 0.29) is 0 Å².